The van der Waals surface area contributed by atoms with Gasteiger partial charge in [-0.1, -0.05) is 0 Å². The molecule has 16 heavy (non-hydrogen) atoms. The number of rotatable bonds is 2. The third-order valence-electron chi connectivity index (χ3n) is 2.05. The van der Waals surface area contributed by atoms with Crippen molar-refractivity contribution in [2.24, 2.45) is 9.98 Å². The molecule has 0 saturated carbocycles. The van der Waals surface area contributed by atoms with Gasteiger partial charge >= 0.3 is 0 Å². The second-order valence-corrected chi connectivity index (χ2v) is 3.39. The highest BCUT2D eigenvalue weighted by Gasteiger charge is 2.05. The number of fused-ring (bicyclic) bond motifs is 1. The summed E-state index contributed by atoms with van der Waals surface area (Å²) in [5.41, 5.74) is 1.78. The molecule has 0 fully saturated rings. The van der Waals surface area contributed by atoms with Crippen LogP contribution in [0.25, 0.3) is 5.65 Å². The van der Waals surface area contributed by atoms with E-state index in [0.29, 0.717) is 11.2 Å². The lowest BCUT2D eigenvalue weighted by atomic mass is 10.3. The lowest BCUT2D eigenvalue weighted by Crippen LogP contribution is -1.92. The van der Waals surface area contributed by atoms with Crippen LogP contribution in [0.5, 0.6) is 0 Å². The maximum atomic E-state index is 13.6. The molecule has 0 atom stereocenters. The van der Waals surface area contributed by atoms with Crippen LogP contribution in [-0.2, 0) is 0 Å². The standard InChI is InChI=1S/C11H11FN4/c1-8-5-16-6-9(4-14-7-13-2)3-10(12)11(16)15-8/h3-7H,1-2H3. The Hall–Kier alpha value is -2.04. The fourth-order valence-corrected chi connectivity index (χ4v) is 1.46. The van der Waals surface area contributed by atoms with E-state index in [1.54, 1.807) is 30.1 Å². The molecule has 0 saturated heterocycles. The summed E-state index contributed by atoms with van der Waals surface area (Å²) in [7, 11) is 1.63. The summed E-state index contributed by atoms with van der Waals surface area (Å²) in [5, 5.41) is 0. The lowest BCUT2D eigenvalue weighted by Gasteiger charge is -1.97. The molecule has 0 unspecified atom stereocenters. The normalized spacial score (nSPS) is 12.2. The Balaban J connectivity index is 2.48. The zero-order valence-electron chi connectivity index (χ0n) is 9.05. The van der Waals surface area contributed by atoms with E-state index in [2.05, 4.69) is 15.0 Å². The molecular formula is C11H11FN4. The van der Waals surface area contributed by atoms with Crippen molar-refractivity contribution >= 4 is 18.2 Å². The number of aryl methyl sites for hydroxylation is 1. The van der Waals surface area contributed by atoms with Gasteiger partial charge in [0.1, 0.15) is 6.34 Å². The highest BCUT2D eigenvalue weighted by atomic mass is 19.1. The van der Waals surface area contributed by atoms with Crippen LogP contribution in [-0.4, -0.2) is 29.0 Å². The summed E-state index contributed by atoms with van der Waals surface area (Å²) in [6, 6.07) is 1.40. The van der Waals surface area contributed by atoms with E-state index < -0.39 is 0 Å². The first-order valence-electron chi connectivity index (χ1n) is 4.79. The lowest BCUT2D eigenvalue weighted by molar-refractivity contribution is 0.629. The quantitative estimate of drug-likeness (QED) is 0.560. The molecule has 0 aliphatic rings. The number of aromatic nitrogens is 2. The van der Waals surface area contributed by atoms with E-state index in [4.69, 9.17) is 0 Å². The predicted molar refractivity (Wildman–Crippen MR) is 61.9 cm³/mol. The van der Waals surface area contributed by atoms with Gasteiger partial charge in [0.2, 0.25) is 0 Å². The number of pyridine rings is 1. The SMILES string of the molecule is CN=CN=Cc1cc(F)c2nc(C)cn2c1. The number of aliphatic imine (C=N–C) groups is 2. The van der Waals surface area contributed by atoms with Gasteiger partial charge in [-0.15, -0.1) is 0 Å². The topological polar surface area (TPSA) is 42.0 Å². The fourth-order valence-electron chi connectivity index (χ4n) is 1.46. The monoisotopic (exact) mass is 218 g/mol. The molecule has 4 nitrogen and oxygen atoms in total. The molecule has 5 heteroatoms. The minimum atomic E-state index is -0.356. The second kappa shape index (κ2) is 4.22. The zero-order valence-corrected chi connectivity index (χ0v) is 9.05. The summed E-state index contributed by atoms with van der Waals surface area (Å²) in [5.74, 6) is -0.356. The van der Waals surface area contributed by atoms with Crippen LogP contribution in [0.1, 0.15) is 11.3 Å². The number of nitrogens with zero attached hydrogens (tertiary/aromatic N) is 4. The van der Waals surface area contributed by atoms with Crippen LogP contribution in [0.15, 0.2) is 28.4 Å². The molecule has 2 rings (SSSR count). The first-order valence-corrected chi connectivity index (χ1v) is 4.79. The molecule has 0 radical (unpaired) electrons. The Morgan fingerprint density at radius 1 is 1.44 bits per heavy atom. The molecule has 0 bridgehead atoms. The van der Waals surface area contributed by atoms with Crippen LogP contribution >= 0.6 is 0 Å². The van der Waals surface area contributed by atoms with E-state index in [-0.39, 0.29) is 5.82 Å². The molecule has 0 amide bonds. The van der Waals surface area contributed by atoms with E-state index >= 15 is 0 Å². The molecule has 2 aromatic heterocycles. The van der Waals surface area contributed by atoms with Crippen LogP contribution in [0.3, 0.4) is 0 Å². The minimum absolute atomic E-state index is 0.332. The summed E-state index contributed by atoms with van der Waals surface area (Å²) in [6.07, 6.45) is 6.49. The predicted octanol–water partition coefficient (Wildman–Crippen LogP) is 1.86. The Morgan fingerprint density at radius 3 is 3.00 bits per heavy atom. The molecule has 0 aliphatic carbocycles. The minimum Gasteiger partial charge on any atom is -0.304 e. The largest absolute Gasteiger partial charge is 0.304 e. The highest BCUT2D eigenvalue weighted by molar-refractivity contribution is 5.85. The molecule has 0 spiro atoms. The maximum Gasteiger partial charge on any atom is 0.173 e. The Labute approximate surface area is 92.2 Å². The van der Waals surface area contributed by atoms with Gasteiger partial charge in [-0.25, -0.2) is 14.4 Å². The zero-order chi connectivity index (χ0) is 11.5. The number of hydrogen-bond donors (Lipinski definition) is 0. The summed E-state index contributed by atoms with van der Waals surface area (Å²) in [6.45, 7) is 1.82. The van der Waals surface area contributed by atoms with Crippen molar-refractivity contribution in [1.82, 2.24) is 9.38 Å². The van der Waals surface area contributed by atoms with Gasteiger partial charge in [-0.05, 0) is 13.0 Å². The maximum absolute atomic E-state index is 13.6. The van der Waals surface area contributed by atoms with E-state index in [0.717, 1.165) is 5.69 Å². The number of halogens is 1. The third-order valence-corrected chi connectivity index (χ3v) is 2.05. The number of imidazole rings is 1. The van der Waals surface area contributed by atoms with Gasteiger partial charge in [0.25, 0.3) is 0 Å². The molecular weight excluding hydrogens is 207 g/mol. The van der Waals surface area contributed by atoms with Gasteiger partial charge in [0.15, 0.2) is 11.5 Å². The molecule has 82 valence electrons. The van der Waals surface area contributed by atoms with Gasteiger partial charge in [0.05, 0.1) is 5.69 Å². The first-order chi connectivity index (χ1) is 7.70. The van der Waals surface area contributed by atoms with Crippen molar-refractivity contribution in [3.8, 4) is 0 Å². The van der Waals surface area contributed by atoms with Crippen molar-refractivity contribution < 1.29 is 4.39 Å². The van der Waals surface area contributed by atoms with Gasteiger partial charge in [0, 0.05) is 31.2 Å². The van der Waals surface area contributed by atoms with Gasteiger partial charge < -0.3 is 4.40 Å². The molecule has 0 aromatic carbocycles. The Morgan fingerprint density at radius 2 is 2.25 bits per heavy atom. The highest BCUT2D eigenvalue weighted by Crippen LogP contribution is 2.11. The molecule has 0 N–H and O–H groups in total. The summed E-state index contributed by atoms with van der Waals surface area (Å²) < 4.78 is 15.2. The molecule has 0 aliphatic heterocycles. The Bertz CT molecular complexity index is 569. The van der Waals surface area contributed by atoms with Crippen molar-refractivity contribution in [3.63, 3.8) is 0 Å². The number of hydrogen-bond acceptors (Lipinski definition) is 2. The average molecular weight is 218 g/mol. The van der Waals surface area contributed by atoms with Gasteiger partial charge in [-0.2, -0.15) is 0 Å². The molecule has 2 aromatic rings. The smallest absolute Gasteiger partial charge is 0.173 e. The van der Waals surface area contributed by atoms with Crippen LogP contribution in [0.2, 0.25) is 0 Å². The van der Waals surface area contributed by atoms with Crippen LogP contribution < -0.4 is 0 Å². The first kappa shape index (κ1) is 10.5. The second-order valence-electron chi connectivity index (χ2n) is 3.39. The summed E-state index contributed by atoms with van der Waals surface area (Å²) >= 11 is 0. The average Bonchev–Trinajstić information content (AvgIpc) is 2.60. The van der Waals surface area contributed by atoms with Crippen LogP contribution in [0, 0.1) is 12.7 Å². The van der Waals surface area contributed by atoms with Crippen LogP contribution in [0.4, 0.5) is 4.39 Å². The van der Waals surface area contributed by atoms with E-state index in [1.807, 2.05) is 6.92 Å². The molecule has 2 heterocycles. The van der Waals surface area contributed by atoms with E-state index in [1.165, 1.54) is 12.4 Å². The van der Waals surface area contributed by atoms with Crippen molar-refractivity contribution in [2.75, 3.05) is 7.05 Å². The van der Waals surface area contributed by atoms with Crippen molar-refractivity contribution in [1.29, 1.82) is 0 Å². The summed E-state index contributed by atoms with van der Waals surface area (Å²) in [4.78, 5) is 11.7. The van der Waals surface area contributed by atoms with Gasteiger partial charge in [-0.3, -0.25) is 4.99 Å². The Kier molecular flexibility index (Phi) is 2.76. The van der Waals surface area contributed by atoms with Crippen molar-refractivity contribution in [3.05, 3.63) is 35.5 Å². The van der Waals surface area contributed by atoms with E-state index in [9.17, 15) is 4.39 Å². The third kappa shape index (κ3) is 1.98. The fraction of sp³-hybridized carbons (Fsp3) is 0.182. The van der Waals surface area contributed by atoms with Crippen molar-refractivity contribution in [2.45, 2.75) is 6.92 Å².